The number of anilines is 1. The molecule has 1 amide bonds. The van der Waals surface area contributed by atoms with E-state index < -0.39 is 0 Å². The van der Waals surface area contributed by atoms with Crippen LogP contribution in [-0.4, -0.2) is 37.5 Å². The number of carbonyl (C=O) groups excluding carboxylic acids is 1. The zero-order valence-corrected chi connectivity index (χ0v) is 16.7. The van der Waals surface area contributed by atoms with Gasteiger partial charge in [-0.3, -0.25) is 14.5 Å². The fourth-order valence-corrected chi connectivity index (χ4v) is 3.37. The van der Waals surface area contributed by atoms with E-state index in [-0.39, 0.29) is 12.3 Å². The Morgan fingerprint density at radius 3 is 2.74 bits per heavy atom. The van der Waals surface area contributed by atoms with Gasteiger partial charge in [0.05, 0.1) is 6.61 Å². The van der Waals surface area contributed by atoms with E-state index in [4.69, 9.17) is 17.0 Å². The molecule has 0 aliphatic carbocycles. The highest BCUT2D eigenvalue weighted by atomic mass is 32.1. The molecule has 2 aromatic heterocycles. The summed E-state index contributed by atoms with van der Waals surface area (Å²) in [7, 11) is 0. The summed E-state index contributed by atoms with van der Waals surface area (Å²) in [6, 6.07) is 7.60. The third-order valence-corrected chi connectivity index (χ3v) is 5.05. The molecule has 0 atom stereocenters. The Balaban J connectivity index is 1.67. The van der Waals surface area contributed by atoms with Crippen LogP contribution in [0.3, 0.4) is 0 Å². The lowest BCUT2D eigenvalue weighted by atomic mass is 10.2. The molecule has 142 valence electrons. The Labute approximate surface area is 165 Å². The molecule has 2 N–H and O–H groups in total. The Hall–Kier alpha value is -2.59. The van der Waals surface area contributed by atoms with Crippen LogP contribution in [0.15, 0.2) is 24.3 Å². The minimum atomic E-state index is -0.144. The van der Waals surface area contributed by atoms with Gasteiger partial charge in [0, 0.05) is 18.5 Å². The van der Waals surface area contributed by atoms with Gasteiger partial charge < -0.3 is 10.1 Å². The van der Waals surface area contributed by atoms with Gasteiger partial charge in [-0.15, -0.1) is 10.2 Å². The second-order valence-corrected chi connectivity index (χ2v) is 7.06. The third kappa shape index (κ3) is 4.77. The molecule has 8 nitrogen and oxygen atoms in total. The molecule has 0 saturated heterocycles. The van der Waals surface area contributed by atoms with Gasteiger partial charge in [0.2, 0.25) is 11.0 Å². The highest BCUT2D eigenvalue weighted by molar-refractivity contribution is 7.71. The summed E-state index contributed by atoms with van der Waals surface area (Å²) in [5.74, 6) is 1.33. The Morgan fingerprint density at radius 2 is 2.07 bits per heavy atom. The quantitative estimate of drug-likeness (QED) is 0.558. The SMILES string of the molecule is CCOc1ccc(-c2n[nH]c(=S)n2CCC(=O)Nc2nnc(CC)s2)cc1. The van der Waals surface area contributed by atoms with E-state index >= 15 is 0 Å². The molecule has 0 saturated carbocycles. The first-order valence-electron chi connectivity index (χ1n) is 8.61. The van der Waals surface area contributed by atoms with Crippen LogP contribution in [0.4, 0.5) is 5.13 Å². The molecular weight excluding hydrogens is 384 g/mol. The van der Waals surface area contributed by atoms with E-state index in [9.17, 15) is 4.79 Å². The number of nitrogens with one attached hydrogen (secondary N) is 2. The van der Waals surface area contributed by atoms with Gasteiger partial charge in [-0.25, -0.2) is 0 Å². The van der Waals surface area contributed by atoms with E-state index in [0.717, 1.165) is 22.7 Å². The third-order valence-electron chi connectivity index (χ3n) is 3.76. The fourth-order valence-electron chi connectivity index (χ4n) is 2.45. The molecule has 0 spiro atoms. The first kappa shape index (κ1) is 19.2. The number of H-pyrrole nitrogens is 1. The maximum absolute atomic E-state index is 12.2. The number of ether oxygens (including phenoxy) is 1. The van der Waals surface area contributed by atoms with Crippen molar-refractivity contribution >= 4 is 34.6 Å². The predicted molar refractivity (Wildman–Crippen MR) is 107 cm³/mol. The molecule has 0 radical (unpaired) electrons. The summed E-state index contributed by atoms with van der Waals surface area (Å²) in [5.41, 5.74) is 0.892. The second kappa shape index (κ2) is 8.87. The Morgan fingerprint density at radius 1 is 1.30 bits per heavy atom. The van der Waals surface area contributed by atoms with Crippen LogP contribution in [0, 0.1) is 4.77 Å². The summed E-state index contributed by atoms with van der Waals surface area (Å²) < 4.78 is 7.74. The van der Waals surface area contributed by atoms with Crippen LogP contribution in [-0.2, 0) is 17.8 Å². The maximum atomic E-state index is 12.2. The summed E-state index contributed by atoms with van der Waals surface area (Å²) in [4.78, 5) is 12.2. The van der Waals surface area contributed by atoms with Crippen LogP contribution in [0.1, 0.15) is 25.3 Å². The molecule has 3 rings (SSSR count). The van der Waals surface area contributed by atoms with Crippen LogP contribution in [0.5, 0.6) is 5.75 Å². The average molecular weight is 405 g/mol. The molecule has 0 bridgehead atoms. The first-order chi connectivity index (χ1) is 13.1. The zero-order chi connectivity index (χ0) is 19.2. The van der Waals surface area contributed by atoms with Crippen molar-refractivity contribution in [3.63, 3.8) is 0 Å². The fraction of sp³-hybridized carbons (Fsp3) is 0.353. The van der Waals surface area contributed by atoms with Gasteiger partial charge in [-0.1, -0.05) is 18.3 Å². The van der Waals surface area contributed by atoms with Crippen molar-refractivity contribution in [3.05, 3.63) is 34.0 Å². The van der Waals surface area contributed by atoms with E-state index in [2.05, 4.69) is 25.7 Å². The number of aryl methyl sites for hydroxylation is 1. The topological polar surface area (TPSA) is 97.7 Å². The van der Waals surface area contributed by atoms with Crippen LogP contribution in [0.25, 0.3) is 11.4 Å². The van der Waals surface area contributed by atoms with Crippen molar-refractivity contribution in [2.75, 3.05) is 11.9 Å². The lowest BCUT2D eigenvalue weighted by molar-refractivity contribution is -0.116. The van der Waals surface area contributed by atoms with Gasteiger partial charge in [-0.05, 0) is 49.8 Å². The number of aromatic amines is 1. The molecule has 2 heterocycles. The van der Waals surface area contributed by atoms with Gasteiger partial charge in [0.1, 0.15) is 10.8 Å². The number of carbonyl (C=O) groups is 1. The van der Waals surface area contributed by atoms with E-state index in [0.29, 0.717) is 28.9 Å². The monoisotopic (exact) mass is 404 g/mol. The Bertz CT molecular complexity index is 960. The van der Waals surface area contributed by atoms with Crippen molar-refractivity contribution < 1.29 is 9.53 Å². The minimum Gasteiger partial charge on any atom is -0.494 e. The lowest BCUT2D eigenvalue weighted by Crippen LogP contribution is -2.15. The number of rotatable bonds is 8. The number of amides is 1. The Kier molecular flexibility index (Phi) is 6.30. The second-order valence-electron chi connectivity index (χ2n) is 5.61. The summed E-state index contributed by atoms with van der Waals surface area (Å²) in [6.07, 6.45) is 1.04. The number of nitrogens with zero attached hydrogens (tertiary/aromatic N) is 4. The molecule has 0 fully saturated rings. The predicted octanol–water partition coefficient (Wildman–Crippen LogP) is 3.45. The normalized spacial score (nSPS) is 10.7. The minimum absolute atomic E-state index is 0.144. The molecule has 10 heteroatoms. The van der Waals surface area contributed by atoms with Crippen molar-refractivity contribution in [1.29, 1.82) is 0 Å². The van der Waals surface area contributed by atoms with Gasteiger partial charge in [0.15, 0.2) is 10.6 Å². The van der Waals surface area contributed by atoms with Gasteiger partial charge in [0.25, 0.3) is 0 Å². The smallest absolute Gasteiger partial charge is 0.227 e. The van der Waals surface area contributed by atoms with Crippen LogP contribution >= 0.6 is 23.6 Å². The van der Waals surface area contributed by atoms with E-state index in [1.54, 1.807) is 0 Å². The zero-order valence-electron chi connectivity index (χ0n) is 15.1. The average Bonchev–Trinajstić information content (AvgIpc) is 3.27. The van der Waals surface area contributed by atoms with E-state index in [1.165, 1.54) is 11.3 Å². The van der Waals surface area contributed by atoms with Crippen molar-refractivity contribution in [3.8, 4) is 17.1 Å². The highest BCUT2D eigenvalue weighted by Crippen LogP contribution is 2.21. The van der Waals surface area contributed by atoms with Crippen molar-refractivity contribution in [1.82, 2.24) is 25.0 Å². The maximum Gasteiger partial charge on any atom is 0.227 e. The molecule has 0 aliphatic heterocycles. The number of hydrogen-bond donors (Lipinski definition) is 2. The molecule has 0 unspecified atom stereocenters. The van der Waals surface area contributed by atoms with Crippen LogP contribution in [0.2, 0.25) is 0 Å². The molecule has 27 heavy (non-hydrogen) atoms. The molecular formula is C17H20N6O2S2. The largest absolute Gasteiger partial charge is 0.494 e. The number of hydrogen-bond acceptors (Lipinski definition) is 7. The standard InChI is InChI=1S/C17H20N6O2S2/c1-3-14-19-21-16(27-14)18-13(24)9-10-23-15(20-22-17(23)26)11-5-7-12(8-6-11)25-4-2/h5-8H,3-4,9-10H2,1-2H3,(H,22,26)(H,18,21,24). The summed E-state index contributed by atoms with van der Waals surface area (Å²) >= 11 is 6.69. The van der Waals surface area contributed by atoms with Crippen molar-refractivity contribution in [2.24, 2.45) is 0 Å². The summed E-state index contributed by atoms with van der Waals surface area (Å²) in [5, 5.41) is 19.2. The highest BCUT2D eigenvalue weighted by Gasteiger charge is 2.12. The number of aromatic nitrogens is 5. The summed E-state index contributed by atoms with van der Waals surface area (Å²) in [6.45, 7) is 4.95. The molecule has 1 aromatic carbocycles. The molecule has 3 aromatic rings. The van der Waals surface area contributed by atoms with Crippen LogP contribution < -0.4 is 10.1 Å². The number of benzene rings is 1. The molecule has 0 aliphatic rings. The van der Waals surface area contributed by atoms with Crippen molar-refractivity contribution in [2.45, 2.75) is 33.2 Å². The van der Waals surface area contributed by atoms with E-state index in [1.807, 2.05) is 42.7 Å². The lowest BCUT2D eigenvalue weighted by Gasteiger charge is -2.08. The van der Waals surface area contributed by atoms with Gasteiger partial charge in [-0.2, -0.15) is 5.10 Å². The van der Waals surface area contributed by atoms with Gasteiger partial charge >= 0.3 is 0 Å². The first-order valence-corrected chi connectivity index (χ1v) is 9.83.